The fourth-order valence-electron chi connectivity index (χ4n) is 5.96. The highest BCUT2D eigenvalue weighted by Crippen LogP contribution is 2.43. The molecule has 4 heteroatoms. The summed E-state index contributed by atoms with van der Waals surface area (Å²) < 4.78 is 2.42. The summed E-state index contributed by atoms with van der Waals surface area (Å²) in [6.07, 6.45) is 6.27. The minimum absolute atomic E-state index is 0.576. The second-order valence-corrected chi connectivity index (χ2v) is 10.6. The van der Waals surface area contributed by atoms with Crippen LogP contribution in [0.5, 0.6) is 0 Å². The van der Waals surface area contributed by atoms with Gasteiger partial charge in [0.1, 0.15) is 5.82 Å². The van der Waals surface area contributed by atoms with E-state index in [9.17, 15) is 0 Å². The fraction of sp³-hybridized carbons (Fsp3) is 0.378. The van der Waals surface area contributed by atoms with Crippen molar-refractivity contribution < 1.29 is 0 Å². The van der Waals surface area contributed by atoms with Gasteiger partial charge in [0.2, 0.25) is 0 Å². The van der Waals surface area contributed by atoms with Crippen LogP contribution < -0.4 is 10.9 Å². The summed E-state index contributed by atoms with van der Waals surface area (Å²) in [6.45, 7) is 13.5. The molecule has 5 rings (SSSR count). The number of allylic oxidation sites excluding steroid dienone is 1. The van der Waals surface area contributed by atoms with Gasteiger partial charge >= 0.3 is 0 Å². The third-order valence-electron chi connectivity index (χ3n) is 7.69. The van der Waals surface area contributed by atoms with Crippen LogP contribution in [0, 0.1) is 5.92 Å². The van der Waals surface area contributed by atoms with Crippen LogP contribution in [0.1, 0.15) is 71.3 Å². The highest BCUT2D eigenvalue weighted by Gasteiger charge is 2.27. The minimum atomic E-state index is 0.576. The summed E-state index contributed by atoms with van der Waals surface area (Å²) in [4.78, 5) is 5.37. The van der Waals surface area contributed by atoms with Gasteiger partial charge in [-0.25, -0.2) is 4.98 Å². The van der Waals surface area contributed by atoms with E-state index in [1.165, 1.54) is 53.6 Å². The predicted molar refractivity (Wildman–Crippen MR) is 178 cm³/mol. The molecule has 0 bridgehead atoms. The van der Waals surface area contributed by atoms with Gasteiger partial charge in [-0.15, -0.1) is 6.58 Å². The van der Waals surface area contributed by atoms with Gasteiger partial charge in [-0.05, 0) is 64.6 Å². The normalized spacial score (nSPS) is 16.1. The molecule has 218 valence electrons. The van der Waals surface area contributed by atoms with Crippen molar-refractivity contribution in [3.63, 3.8) is 0 Å². The highest BCUT2D eigenvalue weighted by atomic mass is 15.3. The number of imidazole rings is 1. The third kappa shape index (κ3) is 8.28. The van der Waals surface area contributed by atoms with Crippen molar-refractivity contribution in [1.29, 1.82) is 0 Å². The van der Waals surface area contributed by atoms with E-state index in [4.69, 9.17) is 4.98 Å². The van der Waals surface area contributed by atoms with E-state index >= 15 is 0 Å². The summed E-state index contributed by atoms with van der Waals surface area (Å²) >= 11 is 0. The molecule has 0 radical (unpaired) electrons. The van der Waals surface area contributed by atoms with Crippen LogP contribution in [0.4, 0.5) is 0 Å². The molecule has 2 atom stereocenters. The second-order valence-electron chi connectivity index (χ2n) is 10.6. The maximum absolute atomic E-state index is 5.37. The van der Waals surface area contributed by atoms with Crippen LogP contribution in [0.25, 0.3) is 33.9 Å². The Labute approximate surface area is 248 Å². The number of rotatable bonds is 8. The third-order valence-corrected chi connectivity index (χ3v) is 7.69. The van der Waals surface area contributed by atoms with Gasteiger partial charge in [0.15, 0.2) is 0 Å². The standard InChI is InChI=1S/C33H36N2.C2H8N2.C2H6/c1-4-35-32(27-17-9-6-10-18-27)31(26-15-7-5-8-16-26)34-33(35)30-21-12-11-20-29(30)28-19-13-14-25(23-28)22-24(2)3;1-3-4-2;1-2/h5-12,15-18,20-21,25,28H,2,4,13-14,19,22-23H2,1,3H3;3-4H,1-2H3;1-2H3. The van der Waals surface area contributed by atoms with E-state index in [2.05, 4.69) is 121 Å². The molecule has 0 saturated heterocycles. The zero-order valence-corrected chi connectivity index (χ0v) is 26.1. The number of nitrogens with one attached hydrogen (secondary N) is 2. The molecular formula is C37H50N4. The van der Waals surface area contributed by atoms with Gasteiger partial charge < -0.3 is 4.57 Å². The first-order chi connectivity index (χ1) is 20.1. The Morgan fingerprint density at radius 1 is 0.854 bits per heavy atom. The monoisotopic (exact) mass is 550 g/mol. The number of nitrogens with zero attached hydrogens (tertiary/aromatic N) is 2. The van der Waals surface area contributed by atoms with Gasteiger partial charge in [0, 0.05) is 23.2 Å². The smallest absolute Gasteiger partial charge is 0.141 e. The Balaban J connectivity index is 0.000000710. The van der Waals surface area contributed by atoms with Gasteiger partial charge in [-0.2, -0.15) is 0 Å². The van der Waals surface area contributed by atoms with Crippen molar-refractivity contribution in [2.45, 2.75) is 72.3 Å². The van der Waals surface area contributed by atoms with Crippen molar-refractivity contribution in [2.75, 3.05) is 14.1 Å². The molecule has 4 nitrogen and oxygen atoms in total. The Bertz CT molecular complexity index is 1320. The fourth-order valence-corrected chi connectivity index (χ4v) is 5.96. The summed E-state index contributed by atoms with van der Waals surface area (Å²) in [5.41, 5.74) is 14.1. The van der Waals surface area contributed by atoms with Crippen LogP contribution >= 0.6 is 0 Å². The number of aromatic nitrogens is 2. The number of hydrogen-bond acceptors (Lipinski definition) is 3. The van der Waals surface area contributed by atoms with Gasteiger partial charge in [-0.3, -0.25) is 10.9 Å². The SMILES string of the molecule is C=C(C)CC1CCCC(c2ccccc2-c2nc(-c3ccccc3)c(-c3ccccc3)n2CC)C1.CC.CNNC. The Hall–Kier alpha value is -3.47. The van der Waals surface area contributed by atoms with Crippen LogP contribution in [0.15, 0.2) is 97.1 Å². The minimum Gasteiger partial charge on any atom is -0.324 e. The van der Waals surface area contributed by atoms with Gasteiger partial charge in [0.05, 0.1) is 11.4 Å². The quantitative estimate of drug-likeness (QED) is 0.170. The molecule has 3 aromatic carbocycles. The van der Waals surface area contributed by atoms with Gasteiger partial charge in [0.25, 0.3) is 0 Å². The maximum atomic E-state index is 5.37. The first-order valence-corrected chi connectivity index (χ1v) is 15.4. The van der Waals surface area contributed by atoms with Crippen LogP contribution in [0.3, 0.4) is 0 Å². The van der Waals surface area contributed by atoms with Gasteiger partial charge in [-0.1, -0.05) is 117 Å². The molecule has 0 amide bonds. The van der Waals surface area contributed by atoms with Crippen LogP contribution in [0.2, 0.25) is 0 Å². The lowest BCUT2D eigenvalue weighted by atomic mass is 9.75. The van der Waals surface area contributed by atoms with Crippen LogP contribution in [-0.2, 0) is 6.54 Å². The maximum Gasteiger partial charge on any atom is 0.141 e. The number of hydrazine groups is 1. The molecule has 41 heavy (non-hydrogen) atoms. The van der Waals surface area contributed by atoms with E-state index < -0.39 is 0 Å². The second kappa shape index (κ2) is 16.7. The first kappa shape index (κ1) is 32.0. The predicted octanol–water partition coefficient (Wildman–Crippen LogP) is 9.51. The Morgan fingerprint density at radius 3 is 2.02 bits per heavy atom. The molecule has 0 aliphatic heterocycles. The molecule has 1 saturated carbocycles. The zero-order valence-electron chi connectivity index (χ0n) is 26.1. The molecular weight excluding hydrogens is 500 g/mol. The lowest BCUT2D eigenvalue weighted by Crippen LogP contribution is -2.21. The van der Waals surface area contributed by atoms with E-state index in [-0.39, 0.29) is 0 Å². The molecule has 1 fully saturated rings. The Morgan fingerprint density at radius 2 is 1.44 bits per heavy atom. The number of hydrogen-bond donors (Lipinski definition) is 2. The molecule has 4 aromatic rings. The highest BCUT2D eigenvalue weighted by molar-refractivity contribution is 5.82. The van der Waals surface area contributed by atoms with Crippen molar-refractivity contribution in [3.8, 4) is 33.9 Å². The van der Waals surface area contributed by atoms with E-state index in [0.717, 1.165) is 36.0 Å². The summed E-state index contributed by atoms with van der Waals surface area (Å²) in [7, 11) is 3.64. The largest absolute Gasteiger partial charge is 0.324 e. The number of benzene rings is 3. The molecule has 1 aromatic heterocycles. The van der Waals surface area contributed by atoms with Crippen molar-refractivity contribution in [3.05, 3.63) is 103 Å². The van der Waals surface area contributed by atoms with Crippen molar-refractivity contribution in [1.82, 2.24) is 20.4 Å². The van der Waals surface area contributed by atoms with E-state index in [1.807, 2.05) is 27.9 Å². The molecule has 0 spiro atoms. The summed E-state index contributed by atoms with van der Waals surface area (Å²) in [5.74, 6) is 2.40. The Kier molecular flexibility index (Phi) is 13.1. The van der Waals surface area contributed by atoms with Crippen molar-refractivity contribution in [2.24, 2.45) is 5.92 Å². The summed E-state index contributed by atoms with van der Waals surface area (Å²) in [6, 6.07) is 30.4. The lowest BCUT2D eigenvalue weighted by molar-refractivity contribution is 0.320. The average Bonchev–Trinajstić information content (AvgIpc) is 3.42. The molecule has 1 aliphatic rings. The molecule has 1 heterocycles. The summed E-state index contributed by atoms with van der Waals surface area (Å²) in [5, 5.41) is 0. The zero-order chi connectivity index (χ0) is 29.6. The molecule has 2 N–H and O–H groups in total. The lowest BCUT2D eigenvalue weighted by Gasteiger charge is -2.31. The van der Waals surface area contributed by atoms with Crippen molar-refractivity contribution >= 4 is 0 Å². The van der Waals surface area contributed by atoms with Crippen LogP contribution in [-0.4, -0.2) is 23.6 Å². The topological polar surface area (TPSA) is 41.9 Å². The molecule has 2 unspecified atom stereocenters. The molecule has 1 aliphatic carbocycles. The van der Waals surface area contributed by atoms with E-state index in [0.29, 0.717) is 5.92 Å². The first-order valence-electron chi connectivity index (χ1n) is 15.4. The average molecular weight is 551 g/mol. The van der Waals surface area contributed by atoms with E-state index in [1.54, 1.807) is 0 Å².